The van der Waals surface area contributed by atoms with Crippen molar-refractivity contribution in [2.45, 2.75) is 13.0 Å². The average Bonchev–Trinajstić information content (AvgIpc) is 2.50. The van der Waals surface area contributed by atoms with Crippen LogP contribution >= 0.6 is 0 Å². The molecule has 0 aliphatic heterocycles. The normalized spacial score (nSPS) is 12.5. The van der Waals surface area contributed by atoms with Crippen LogP contribution in [0.4, 0.5) is 4.39 Å². The SMILES string of the molecule is CNC(c1ccc(C)cc1F)c1cccc2ncccc12. The summed E-state index contributed by atoms with van der Waals surface area (Å²) in [7, 11) is 1.85. The molecule has 1 N–H and O–H groups in total. The van der Waals surface area contributed by atoms with Crippen molar-refractivity contribution in [2.75, 3.05) is 7.05 Å². The number of nitrogens with one attached hydrogen (secondary N) is 1. The molecule has 3 aromatic rings. The summed E-state index contributed by atoms with van der Waals surface area (Å²) in [4.78, 5) is 4.37. The van der Waals surface area contributed by atoms with Gasteiger partial charge in [0.05, 0.1) is 11.6 Å². The van der Waals surface area contributed by atoms with E-state index in [-0.39, 0.29) is 11.9 Å². The first kappa shape index (κ1) is 13.7. The Hall–Kier alpha value is -2.26. The van der Waals surface area contributed by atoms with Crippen LogP contribution in [-0.2, 0) is 0 Å². The van der Waals surface area contributed by atoms with Crippen LogP contribution < -0.4 is 5.32 Å². The van der Waals surface area contributed by atoms with Gasteiger partial charge in [0.25, 0.3) is 0 Å². The van der Waals surface area contributed by atoms with Crippen molar-refractivity contribution in [3.63, 3.8) is 0 Å². The van der Waals surface area contributed by atoms with Crippen LogP contribution in [0.1, 0.15) is 22.7 Å². The fourth-order valence-electron chi connectivity index (χ4n) is 2.72. The van der Waals surface area contributed by atoms with Gasteiger partial charge in [0.1, 0.15) is 5.82 Å². The van der Waals surface area contributed by atoms with Crippen LogP contribution in [0.15, 0.2) is 54.7 Å². The number of aryl methyl sites for hydroxylation is 1. The highest BCUT2D eigenvalue weighted by Gasteiger charge is 2.18. The molecular formula is C18H17FN2. The van der Waals surface area contributed by atoms with Gasteiger partial charge in [-0.05, 0) is 43.3 Å². The first-order valence-electron chi connectivity index (χ1n) is 6.97. The van der Waals surface area contributed by atoms with E-state index in [1.807, 2.05) is 56.4 Å². The molecule has 0 fully saturated rings. The molecule has 0 bridgehead atoms. The molecule has 0 spiro atoms. The first-order chi connectivity index (χ1) is 10.2. The highest BCUT2D eigenvalue weighted by Crippen LogP contribution is 2.29. The predicted octanol–water partition coefficient (Wildman–Crippen LogP) is 3.99. The van der Waals surface area contributed by atoms with E-state index in [2.05, 4.69) is 10.3 Å². The second kappa shape index (κ2) is 5.62. The molecule has 1 heterocycles. The van der Waals surface area contributed by atoms with E-state index in [1.165, 1.54) is 0 Å². The molecule has 1 unspecified atom stereocenters. The predicted molar refractivity (Wildman–Crippen MR) is 83.8 cm³/mol. The minimum absolute atomic E-state index is 0.185. The number of rotatable bonds is 3. The maximum absolute atomic E-state index is 14.3. The van der Waals surface area contributed by atoms with Crippen molar-refractivity contribution in [3.8, 4) is 0 Å². The van der Waals surface area contributed by atoms with Gasteiger partial charge in [-0.1, -0.05) is 30.3 Å². The molecular weight excluding hydrogens is 263 g/mol. The molecule has 0 amide bonds. The van der Waals surface area contributed by atoms with Gasteiger partial charge in [-0.3, -0.25) is 4.98 Å². The minimum atomic E-state index is -0.196. The Kier molecular flexibility index (Phi) is 3.67. The zero-order chi connectivity index (χ0) is 14.8. The Morgan fingerprint density at radius 1 is 1.05 bits per heavy atom. The second-order valence-corrected chi connectivity index (χ2v) is 5.16. The largest absolute Gasteiger partial charge is 0.309 e. The third kappa shape index (κ3) is 2.52. The van der Waals surface area contributed by atoms with Crippen molar-refractivity contribution >= 4 is 10.9 Å². The Bertz CT molecular complexity index is 778. The van der Waals surface area contributed by atoms with Crippen molar-refractivity contribution in [3.05, 3.63) is 77.2 Å². The zero-order valence-electron chi connectivity index (χ0n) is 12.1. The van der Waals surface area contributed by atoms with Crippen LogP contribution in [0.2, 0.25) is 0 Å². The van der Waals surface area contributed by atoms with Crippen LogP contribution in [0.3, 0.4) is 0 Å². The lowest BCUT2D eigenvalue weighted by molar-refractivity contribution is 0.576. The number of nitrogens with zero attached hydrogens (tertiary/aromatic N) is 1. The Morgan fingerprint density at radius 2 is 1.90 bits per heavy atom. The van der Waals surface area contributed by atoms with Gasteiger partial charge in [0, 0.05) is 17.1 Å². The van der Waals surface area contributed by atoms with Crippen molar-refractivity contribution in [1.29, 1.82) is 0 Å². The lowest BCUT2D eigenvalue weighted by Gasteiger charge is -2.20. The zero-order valence-corrected chi connectivity index (χ0v) is 12.1. The van der Waals surface area contributed by atoms with E-state index >= 15 is 0 Å². The second-order valence-electron chi connectivity index (χ2n) is 5.16. The van der Waals surface area contributed by atoms with Gasteiger partial charge in [-0.2, -0.15) is 0 Å². The van der Waals surface area contributed by atoms with E-state index < -0.39 is 0 Å². The number of fused-ring (bicyclic) bond motifs is 1. The number of aromatic nitrogens is 1. The first-order valence-corrected chi connectivity index (χ1v) is 6.97. The average molecular weight is 280 g/mol. The van der Waals surface area contributed by atoms with E-state index in [0.717, 1.165) is 22.0 Å². The third-order valence-electron chi connectivity index (χ3n) is 3.75. The summed E-state index contributed by atoms with van der Waals surface area (Å²) in [5, 5.41) is 4.26. The Balaban J connectivity index is 2.18. The summed E-state index contributed by atoms with van der Waals surface area (Å²) in [5.41, 5.74) is 3.53. The van der Waals surface area contributed by atoms with Gasteiger partial charge < -0.3 is 5.32 Å². The molecule has 3 rings (SSSR count). The quantitative estimate of drug-likeness (QED) is 0.784. The number of halogens is 1. The van der Waals surface area contributed by atoms with Crippen molar-refractivity contribution in [1.82, 2.24) is 10.3 Å². The molecule has 0 saturated heterocycles. The molecule has 0 aliphatic rings. The summed E-state index contributed by atoms with van der Waals surface area (Å²) in [6.07, 6.45) is 1.77. The molecule has 0 aliphatic carbocycles. The Labute approximate surface area is 123 Å². The third-order valence-corrected chi connectivity index (χ3v) is 3.75. The number of pyridine rings is 1. The summed E-state index contributed by atoms with van der Waals surface area (Å²) < 4.78 is 14.3. The summed E-state index contributed by atoms with van der Waals surface area (Å²) in [6.45, 7) is 1.89. The van der Waals surface area contributed by atoms with E-state index in [9.17, 15) is 4.39 Å². The molecule has 2 nitrogen and oxygen atoms in total. The van der Waals surface area contributed by atoms with Crippen LogP contribution in [0.25, 0.3) is 10.9 Å². The number of hydrogen-bond acceptors (Lipinski definition) is 2. The van der Waals surface area contributed by atoms with Crippen LogP contribution in [0, 0.1) is 12.7 Å². The van der Waals surface area contributed by atoms with Gasteiger partial charge in [-0.15, -0.1) is 0 Å². The molecule has 0 saturated carbocycles. The monoisotopic (exact) mass is 280 g/mol. The van der Waals surface area contributed by atoms with E-state index in [1.54, 1.807) is 12.3 Å². The van der Waals surface area contributed by atoms with Gasteiger partial charge in [0.15, 0.2) is 0 Å². The van der Waals surface area contributed by atoms with Gasteiger partial charge >= 0.3 is 0 Å². The lowest BCUT2D eigenvalue weighted by Crippen LogP contribution is -2.19. The molecule has 1 atom stereocenters. The molecule has 21 heavy (non-hydrogen) atoms. The van der Waals surface area contributed by atoms with E-state index in [0.29, 0.717) is 5.56 Å². The molecule has 0 radical (unpaired) electrons. The van der Waals surface area contributed by atoms with Gasteiger partial charge in [-0.25, -0.2) is 4.39 Å². The summed E-state index contributed by atoms with van der Waals surface area (Å²) >= 11 is 0. The molecule has 106 valence electrons. The topological polar surface area (TPSA) is 24.9 Å². The lowest BCUT2D eigenvalue weighted by atomic mass is 9.94. The van der Waals surface area contributed by atoms with Crippen LogP contribution in [0.5, 0.6) is 0 Å². The van der Waals surface area contributed by atoms with E-state index in [4.69, 9.17) is 0 Å². The Morgan fingerprint density at radius 3 is 2.67 bits per heavy atom. The van der Waals surface area contributed by atoms with Crippen molar-refractivity contribution in [2.24, 2.45) is 0 Å². The summed E-state index contributed by atoms with van der Waals surface area (Å²) in [5.74, 6) is -0.185. The maximum atomic E-state index is 14.3. The minimum Gasteiger partial charge on any atom is -0.309 e. The van der Waals surface area contributed by atoms with Crippen molar-refractivity contribution < 1.29 is 4.39 Å². The van der Waals surface area contributed by atoms with Crippen LogP contribution in [-0.4, -0.2) is 12.0 Å². The van der Waals surface area contributed by atoms with Gasteiger partial charge in [0.2, 0.25) is 0 Å². The fourth-order valence-corrected chi connectivity index (χ4v) is 2.72. The fraction of sp³-hybridized carbons (Fsp3) is 0.167. The highest BCUT2D eigenvalue weighted by molar-refractivity contribution is 5.83. The summed E-state index contributed by atoms with van der Waals surface area (Å²) in [6, 6.07) is 15.0. The molecule has 2 aromatic carbocycles. The number of benzene rings is 2. The highest BCUT2D eigenvalue weighted by atomic mass is 19.1. The number of hydrogen-bond donors (Lipinski definition) is 1. The standard InChI is InChI=1S/C18H17FN2/c1-12-8-9-15(16(19)11-12)18(20-2)14-5-3-7-17-13(14)6-4-10-21-17/h3-11,18,20H,1-2H3. The molecule has 3 heteroatoms. The molecule has 1 aromatic heterocycles. The smallest absolute Gasteiger partial charge is 0.128 e. The maximum Gasteiger partial charge on any atom is 0.128 e.